The fourth-order valence-corrected chi connectivity index (χ4v) is 1.25. The second-order valence-corrected chi connectivity index (χ2v) is 2.78. The van der Waals surface area contributed by atoms with Crippen LogP contribution in [0.3, 0.4) is 0 Å². The van der Waals surface area contributed by atoms with Crippen LogP contribution in [-0.2, 0) is 0 Å². The first kappa shape index (κ1) is 7.98. The molecule has 1 heterocycles. The van der Waals surface area contributed by atoms with E-state index in [2.05, 4.69) is 17.3 Å². The Balaban J connectivity index is 2.25. The van der Waals surface area contributed by atoms with Crippen LogP contribution in [0.4, 0.5) is 0 Å². The van der Waals surface area contributed by atoms with Crippen molar-refractivity contribution in [2.45, 2.75) is 12.5 Å². The van der Waals surface area contributed by atoms with Gasteiger partial charge in [0.25, 0.3) is 0 Å². The number of rotatable bonds is 2. The van der Waals surface area contributed by atoms with Crippen LogP contribution in [-0.4, -0.2) is 49.3 Å². The van der Waals surface area contributed by atoms with Crippen LogP contribution in [0.25, 0.3) is 0 Å². The Bertz CT molecular complexity index is 95.6. The first-order valence-electron chi connectivity index (χ1n) is 3.79. The largest absolute Gasteiger partial charge is 0.396 e. The SMILES string of the molecule is CN1CC[N]CC1CCO. The topological polar surface area (TPSA) is 37.6 Å². The summed E-state index contributed by atoms with van der Waals surface area (Å²) < 4.78 is 0. The molecule has 3 heteroatoms. The molecule has 0 aromatic carbocycles. The maximum atomic E-state index is 8.67. The zero-order chi connectivity index (χ0) is 7.40. The highest BCUT2D eigenvalue weighted by molar-refractivity contribution is 4.76. The van der Waals surface area contributed by atoms with Gasteiger partial charge in [-0.2, -0.15) is 0 Å². The van der Waals surface area contributed by atoms with E-state index < -0.39 is 0 Å². The highest BCUT2D eigenvalue weighted by Gasteiger charge is 2.17. The minimum absolute atomic E-state index is 0.282. The molecule has 1 radical (unpaired) electrons. The van der Waals surface area contributed by atoms with Gasteiger partial charge in [-0.15, -0.1) is 0 Å². The number of aliphatic hydroxyl groups excluding tert-OH is 1. The van der Waals surface area contributed by atoms with Gasteiger partial charge in [0.1, 0.15) is 0 Å². The molecule has 0 spiro atoms. The van der Waals surface area contributed by atoms with Gasteiger partial charge in [-0.25, -0.2) is 5.32 Å². The molecule has 1 atom stereocenters. The van der Waals surface area contributed by atoms with Crippen molar-refractivity contribution in [1.82, 2.24) is 10.2 Å². The van der Waals surface area contributed by atoms with Gasteiger partial charge >= 0.3 is 0 Å². The third-order valence-corrected chi connectivity index (χ3v) is 2.04. The van der Waals surface area contributed by atoms with Crippen LogP contribution in [0.2, 0.25) is 0 Å². The lowest BCUT2D eigenvalue weighted by molar-refractivity contribution is 0.156. The van der Waals surface area contributed by atoms with E-state index in [1.807, 2.05) is 0 Å². The van der Waals surface area contributed by atoms with Crippen molar-refractivity contribution in [2.75, 3.05) is 33.3 Å². The highest BCUT2D eigenvalue weighted by Crippen LogP contribution is 2.03. The van der Waals surface area contributed by atoms with Gasteiger partial charge in [-0.1, -0.05) is 0 Å². The van der Waals surface area contributed by atoms with Crippen LogP contribution in [0.1, 0.15) is 6.42 Å². The molecule has 0 aromatic rings. The summed E-state index contributed by atoms with van der Waals surface area (Å²) in [5, 5.41) is 12.9. The van der Waals surface area contributed by atoms with Crippen molar-refractivity contribution >= 4 is 0 Å². The molecule has 1 N–H and O–H groups in total. The van der Waals surface area contributed by atoms with E-state index in [0.29, 0.717) is 6.04 Å². The van der Waals surface area contributed by atoms with Crippen molar-refractivity contribution in [2.24, 2.45) is 0 Å². The minimum Gasteiger partial charge on any atom is -0.396 e. The fraction of sp³-hybridized carbons (Fsp3) is 1.00. The van der Waals surface area contributed by atoms with Gasteiger partial charge in [0.05, 0.1) is 0 Å². The Kier molecular flexibility index (Phi) is 3.12. The van der Waals surface area contributed by atoms with Crippen LogP contribution in [0.5, 0.6) is 0 Å². The predicted octanol–water partition coefficient (Wildman–Crippen LogP) is -0.713. The number of likely N-dealkylation sites (N-methyl/N-ethyl adjacent to an activating group) is 1. The Labute approximate surface area is 62.0 Å². The summed E-state index contributed by atoms with van der Waals surface area (Å²) in [6.07, 6.45) is 0.861. The standard InChI is InChI=1S/C7H15N2O/c1-9-4-3-8-6-7(9)2-5-10/h7,10H,2-6H2,1H3. The summed E-state index contributed by atoms with van der Waals surface area (Å²) in [6.45, 7) is 3.19. The van der Waals surface area contributed by atoms with Crippen molar-refractivity contribution < 1.29 is 5.11 Å². The third kappa shape index (κ3) is 1.94. The number of piperazine rings is 1. The van der Waals surface area contributed by atoms with Gasteiger partial charge in [0.2, 0.25) is 0 Å². The smallest absolute Gasteiger partial charge is 0.0446 e. The molecule has 0 saturated carbocycles. The van der Waals surface area contributed by atoms with Crippen molar-refractivity contribution in [3.8, 4) is 0 Å². The first-order valence-corrected chi connectivity index (χ1v) is 3.79. The van der Waals surface area contributed by atoms with Gasteiger partial charge in [0.15, 0.2) is 0 Å². The summed E-state index contributed by atoms with van der Waals surface area (Å²) in [6, 6.07) is 0.485. The van der Waals surface area contributed by atoms with E-state index in [1.165, 1.54) is 0 Å². The van der Waals surface area contributed by atoms with Crippen LogP contribution in [0.15, 0.2) is 0 Å². The molecule has 1 rings (SSSR count). The third-order valence-electron chi connectivity index (χ3n) is 2.04. The number of aliphatic hydroxyl groups is 1. The van der Waals surface area contributed by atoms with E-state index in [4.69, 9.17) is 5.11 Å². The second kappa shape index (κ2) is 3.91. The molecule has 0 amide bonds. The van der Waals surface area contributed by atoms with Gasteiger partial charge in [-0.3, -0.25) is 0 Å². The lowest BCUT2D eigenvalue weighted by atomic mass is 10.1. The summed E-state index contributed by atoms with van der Waals surface area (Å²) in [7, 11) is 2.09. The molecule has 59 valence electrons. The van der Waals surface area contributed by atoms with Crippen molar-refractivity contribution in [3.05, 3.63) is 0 Å². The van der Waals surface area contributed by atoms with Crippen LogP contribution < -0.4 is 5.32 Å². The monoisotopic (exact) mass is 143 g/mol. The van der Waals surface area contributed by atoms with Crippen molar-refractivity contribution in [3.63, 3.8) is 0 Å². The zero-order valence-corrected chi connectivity index (χ0v) is 6.45. The number of hydrogen-bond donors (Lipinski definition) is 1. The first-order chi connectivity index (χ1) is 4.84. The minimum atomic E-state index is 0.282. The molecule has 1 unspecified atom stereocenters. The van der Waals surface area contributed by atoms with Crippen LogP contribution in [0, 0.1) is 0 Å². The fourth-order valence-electron chi connectivity index (χ4n) is 1.25. The van der Waals surface area contributed by atoms with Gasteiger partial charge < -0.3 is 10.0 Å². The van der Waals surface area contributed by atoms with E-state index >= 15 is 0 Å². The Morgan fingerprint density at radius 2 is 2.50 bits per heavy atom. The molecular formula is C7H15N2O. The Hall–Kier alpha value is -0.120. The molecule has 1 aliphatic rings. The average molecular weight is 143 g/mol. The molecular weight excluding hydrogens is 128 g/mol. The van der Waals surface area contributed by atoms with Crippen LogP contribution >= 0.6 is 0 Å². The molecule has 10 heavy (non-hydrogen) atoms. The lowest BCUT2D eigenvalue weighted by Crippen LogP contribution is -2.46. The maximum Gasteiger partial charge on any atom is 0.0446 e. The highest BCUT2D eigenvalue weighted by atomic mass is 16.3. The Morgan fingerprint density at radius 1 is 1.70 bits per heavy atom. The molecule has 0 aliphatic carbocycles. The second-order valence-electron chi connectivity index (χ2n) is 2.78. The van der Waals surface area contributed by atoms with E-state index in [9.17, 15) is 0 Å². The van der Waals surface area contributed by atoms with Gasteiger partial charge in [0, 0.05) is 32.3 Å². The van der Waals surface area contributed by atoms with E-state index in [0.717, 1.165) is 26.1 Å². The summed E-state index contributed by atoms with van der Waals surface area (Å²) in [5.41, 5.74) is 0. The summed E-state index contributed by atoms with van der Waals surface area (Å²) in [4.78, 5) is 2.27. The molecule has 1 fully saturated rings. The predicted molar refractivity (Wildman–Crippen MR) is 40.0 cm³/mol. The number of hydrogen-bond acceptors (Lipinski definition) is 2. The normalized spacial score (nSPS) is 28.8. The summed E-state index contributed by atoms with van der Waals surface area (Å²) in [5.74, 6) is 0. The van der Waals surface area contributed by atoms with Crippen molar-refractivity contribution in [1.29, 1.82) is 0 Å². The van der Waals surface area contributed by atoms with Gasteiger partial charge in [-0.05, 0) is 13.5 Å². The maximum absolute atomic E-state index is 8.67. The summed E-state index contributed by atoms with van der Waals surface area (Å²) >= 11 is 0. The van der Waals surface area contributed by atoms with E-state index in [-0.39, 0.29) is 6.61 Å². The molecule has 3 nitrogen and oxygen atoms in total. The molecule has 1 aliphatic heterocycles. The zero-order valence-electron chi connectivity index (χ0n) is 6.45. The molecule has 1 saturated heterocycles. The lowest BCUT2D eigenvalue weighted by Gasteiger charge is -2.31. The number of nitrogens with zero attached hydrogens (tertiary/aromatic N) is 2. The quantitative estimate of drug-likeness (QED) is 0.554. The van der Waals surface area contributed by atoms with E-state index in [1.54, 1.807) is 0 Å². The Morgan fingerprint density at radius 3 is 3.10 bits per heavy atom. The average Bonchev–Trinajstić information content (AvgIpc) is 1.94. The molecule has 0 bridgehead atoms. The molecule has 0 aromatic heterocycles.